The van der Waals surface area contributed by atoms with Gasteiger partial charge in [-0.15, -0.1) is 0 Å². The van der Waals surface area contributed by atoms with E-state index in [9.17, 15) is 9.59 Å². The number of hydrogen-bond acceptors (Lipinski definition) is 3. The molecule has 0 spiro atoms. The van der Waals surface area contributed by atoms with Crippen LogP contribution in [-0.2, 0) is 4.79 Å². The number of rotatable bonds is 7. The fourth-order valence-electron chi connectivity index (χ4n) is 4.06. The second kappa shape index (κ2) is 10.7. The van der Waals surface area contributed by atoms with Gasteiger partial charge in [0.05, 0.1) is 5.69 Å². The van der Waals surface area contributed by atoms with Crippen molar-refractivity contribution in [3.05, 3.63) is 54.6 Å². The summed E-state index contributed by atoms with van der Waals surface area (Å²) in [6.45, 7) is 4.43. The third-order valence-corrected chi connectivity index (χ3v) is 6.71. The number of nitrogens with one attached hydrogen (secondary N) is 2. The van der Waals surface area contributed by atoms with Crippen LogP contribution in [0.3, 0.4) is 0 Å². The number of amides is 2. The first-order valence-electron chi connectivity index (χ1n) is 10.9. The maximum atomic E-state index is 13.4. The summed E-state index contributed by atoms with van der Waals surface area (Å²) in [6, 6.07) is 16.9. The Morgan fingerprint density at radius 2 is 1.60 bits per heavy atom. The lowest BCUT2D eigenvalue weighted by molar-refractivity contribution is -0.128. The molecule has 2 aromatic carbocycles. The molecule has 1 fully saturated rings. The van der Waals surface area contributed by atoms with E-state index in [1.54, 1.807) is 0 Å². The van der Waals surface area contributed by atoms with Crippen molar-refractivity contribution >= 4 is 34.3 Å². The highest BCUT2D eigenvalue weighted by Crippen LogP contribution is 2.42. The number of thioether (sulfide) groups is 1. The summed E-state index contributed by atoms with van der Waals surface area (Å²) in [5.41, 5.74) is 1.18. The van der Waals surface area contributed by atoms with E-state index in [1.165, 1.54) is 6.42 Å². The molecule has 0 aliphatic heterocycles. The molecule has 30 heavy (non-hydrogen) atoms. The fraction of sp³-hybridized carbons (Fsp3) is 0.440. The molecule has 5 heteroatoms. The van der Waals surface area contributed by atoms with Gasteiger partial charge in [0.15, 0.2) is 0 Å². The van der Waals surface area contributed by atoms with Crippen molar-refractivity contribution in [2.75, 3.05) is 10.6 Å². The lowest BCUT2D eigenvalue weighted by Crippen LogP contribution is -2.38. The first-order valence-corrected chi connectivity index (χ1v) is 11.7. The highest BCUT2D eigenvalue weighted by Gasteiger charge is 2.39. The van der Waals surface area contributed by atoms with Crippen LogP contribution >= 0.6 is 11.8 Å². The summed E-state index contributed by atoms with van der Waals surface area (Å²) in [5, 5.41) is 5.89. The standard InChI is InChI=1S/C25H32N2O2S/c1-19(2)15-18-25(16-9-4-10-17-25)23(28)27-21-13-7-8-14-22(21)30-24(29)26-20-11-5-3-6-12-20/h3,5-8,11-14,19H,4,9-10,15-18H2,1-2H3,(H,26,29)(H,27,28). The molecule has 1 aliphatic rings. The molecule has 160 valence electrons. The van der Waals surface area contributed by atoms with E-state index in [1.807, 2.05) is 54.6 Å². The van der Waals surface area contributed by atoms with Gasteiger partial charge in [-0.25, -0.2) is 0 Å². The predicted molar refractivity (Wildman–Crippen MR) is 126 cm³/mol. The van der Waals surface area contributed by atoms with Gasteiger partial charge in [-0.05, 0) is 67.6 Å². The van der Waals surface area contributed by atoms with Crippen LogP contribution in [0, 0.1) is 11.3 Å². The van der Waals surface area contributed by atoms with Gasteiger partial charge < -0.3 is 10.6 Å². The largest absolute Gasteiger partial charge is 0.325 e. The fourth-order valence-corrected chi connectivity index (χ4v) is 4.81. The van der Waals surface area contributed by atoms with E-state index in [2.05, 4.69) is 24.5 Å². The second-order valence-electron chi connectivity index (χ2n) is 8.60. The zero-order valence-electron chi connectivity index (χ0n) is 17.9. The Hall–Kier alpha value is -2.27. The average Bonchev–Trinajstić information content (AvgIpc) is 2.75. The molecule has 3 rings (SSSR count). The molecule has 2 N–H and O–H groups in total. The Balaban J connectivity index is 1.71. The summed E-state index contributed by atoms with van der Waals surface area (Å²) in [7, 11) is 0. The Kier molecular flexibility index (Phi) is 7.97. The average molecular weight is 425 g/mol. The quantitative estimate of drug-likeness (QED) is 0.457. The van der Waals surface area contributed by atoms with Crippen molar-refractivity contribution in [1.29, 1.82) is 0 Å². The minimum Gasteiger partial charge on any atom is -0.325 e. The van der Waals surface area contributed by atoms with E-state index < -0.39 is 0 Å². The lowest BCUT2D eigenvalue weighted by atomic mass is 9.69. The summed E-state index contributed by atoms with van der Waals surface area (Å²) >= 11 is 1.11. The first-order chi connectivity index (χ1) is 14.5. The van der Waals surface area contributed by atoms with Crippen LogP contribution in [0.2, 0.25) is 0 Å². The monoisotopic (exact) mass is 424 g/mol. The number of carbonyl (C=O) groups is 2. The first kappa shape index (κ1) is 22.4. The third kappa shape index (κ3) is 6.11. The van der Waals surface area contributed by atoms with Gasteiger partial charge in [0.2, 0.25) is 5.91 Å². The molecule has 1 saturated carbocycles. The van der Waals surface area contributed by atoms with E-state index in [0.29, 0.717) is 11.6 Å². The van der Waals surface area contributed by atoms with Crippen LogP contribution in [-0.4, -0.2) is 11.1 Å². The van der Waals surface area contributed by atoms with Crippen LogP contribution in [0.5, 0.6) is 0 Å². The van der Waals surface area contributed by atoms with Crippen LogP contribution < -0.4 is 10.6 Å². The van der Waals surface area contributed by atoms with Gasteiger partial charge in [0, 0.05) is 16.0 Å². The zero-order chi connectivity index (χ0) is 21.4. The summed E-state index contributed by atoms with van der Waals surface area (Å²) in [5.74, 6) is 0.695. The number of hydrogen-bond donors (Lipinski definition) is 2. The molecular weight excluding hydrogens is 392 g/mol. The van der Waals surface area contributed by atoms with Crippen LogP contribution in [0.25, 0.3) is 0 Å². The van der Waals surface area contributed by atoms with E-state index in [4.69, 9.17) is 0 Å². The van der Waals surface area contributed by atoms with Gasteiger partial charge in [-0.2, -0.15) is 0 Å². The highest BCUT2D eigenvalue weighted by molar-refractivity contribution is 8.14. The minimum atomic E-state index is -0.285. The molecule has 0 radical (unpaired) electrons. The van der Waals surface area contributed by atoms with Crippen molar-refractivity contribution in [3.8, 4) is 0 Å². The number of carbonyl (C=O) groups excluding carboxylic acids is 2. The lowest BCUT2D eigenvalue weighted by Gasteiger charge is -2.36. The molecule has 2 aromatic rings. The maximum absolute atomic E-state index is 13.4. The zero-order valence-corrected chi connectivity index (χ0v) is 18.8. The van der Waals surface area contributed by atoms with Crippen LogP contribution in [0.4, 0.5) is 16.2 Å². The molecule has 0 atom stereocenters. The van der Waals surface area contributed by atoms with Crippen LogP contribution in [0.15, 0.2) is 59.5 Å². The SMILES string of the molecule is CC(C)CCC1(C(=O)Nc2ccccc2SC(=O)Nc2ccccc2)CCCCC1. The second-order valence-corrected chi connectivity index (χ2v) is 9.62. The van der Waals surface area contributed by atoms with Gasteiger partial charge >= 0.3 is 0 Å². The summed E-state index contributed by atoms with van der Waals surface area (Å²) in [6.07, 6.45) is 7.33. The van der Waals surface area contributed by atoms with Gasteiger partial charge in [0.25, 0.3) is 5.24 Å². The Morgan fingerprint density at radius 1 is 0.933 bits per heavy atom. The van der Waals surface area contributed by atoms with Crippen molar-refractivity contribution in [2.24, 2.45) is 11.3 Å². The number of anilines is 2. The molecule has 0 saturated heterocycles. The van der Waals surface area contributed by atoms with Gasteiger partial charge in [-0.1, -0.05) is 63.4 Å². The number of benzene rings is 2. The molecule has 4 nitrogen and oxygen atoms in total. The molecular formula is C25H32N2O2S. The summed E-state index contributed by atoms with van der Waals surface area (Å²) < 4.78 is 0. The van der Waals surface area contributed by atoms with Gasteiger partial charge in [0.1, 0.15) is 0 Å². The Morgan fingerprint density at radius 3 is 2.30 bits per heavy atom. The molecule has 0 heterocycles. The van der Waals surface area contributed by atoms with E-state index >= 15 is 0 Å². The summed E-state index contributed by atoms with van der Waals surface area (Å²) in [4.78, 5) is 26.7. The van der Waals surface area contributed by atoms with Crippen molar-refractivity contribution < 1.29 is 9.59 Å². The maximum Gasteiger partial charge on any atom is 0.288 e. The van der Waals surface area contributed by atoms with E-state index in [-0.39, 0.29) is 16.6 Å². The van der Waals surface area contributed by atoms with Crippen molar-refractivity contribution in [3.63, 3.8) is 0 Å². The van der Waals surface area contributed by atoms with E-state index in [0.717, 1.165) is 60.9 Å². The highest BCUT2D eigenvalue weighted by atomic mass is 32.2. The van der Waals surface area contributed by atoms with Crippen LogP contribution in [0.1, 0.15) is 58.8 Å². The molecule has 0 unspecified atom stereocenters. The van der Waals surface area contributed by atoms with Crippen molar-refractivity contribution in [1.82, 2.24) is 0 Å². The molecule has 2 amide bonds. The number of para-hydroxylation sites is 2. The van der Waals surface area contributed by atoms with Crippen molar-refractivity contribution in [2.45, 2.75) is 63.7 Å². The van der Waals surface area contributed by atoms with Gasteiger partial charge in [-0.3, -0.25) is 9.59 Å². The molecule has 0 bridgehead atoms. The minimum absolute atomic E-state index is 0.111. The molecule has 1 aliphatic carbocycles. The molecule has 0 aromatic heterocycles. The predicted octanol–water partition coefficient (Wildman–Crippen LogP) is 7.34. The smallest absolute Gasteiger partial charge is 0.288 e. The topological polar surface area (TPSA) is 58.2 Å². The normalized spacial score (nSPS) is 15.6. The Labute approximate surface area is 184 Å². The third-order valence-electron chi connectivity index (χ3n) is 5.85. The Bertz CT molecular complexity index is 845.